The number of hydrogen-bond donors (Lipinski definition) is 1. The van der Waals surface area contributed by atoms with Crippen LogP contribution in [0.5, 0.6) is 0 Å². The van der Waals surface area contributed by atoms with Crippen LogP contribution in [0.3, 0.4) is 0 Å². The van der Waals surface area contributed by atoms with Gasteiger partial charge in [0.25, 0.3) is 0 Å². The van der Waals surface area contributed by atoms with Crippen molar-refractivity contribution in [2.24, 2.45) is 0 Å². The summed E-state index contributed by atoms with van der Waals surface area (Å²) >= 11 is 1.74. The van der Waals surface area contributed by atoms with E-state index >= 15 is 0 Å². The molecule has 0 saturated carbocycles. The molecule has 2 aromatic rings. The molecule has 0 bridgehead atoms. The molecule has 1 N–H and O–H groups in total. The molecule has 4 heteroatoms. The molecule has 1 atom stereocenters. The van der Waals surface area contributed by atoms with Gasteiger partial charge in [-0.1, -0.05) is 42.5 Å². The maximum absolute atomic E-state index is 12.2. The number of rotatable bonds is 9. The molecule has 0 radical (unpaired) electrons. The van der Waals surface area contributed by atoms with E-state index in [1.165, 1.54) is 16.0 Å². The van der Waals surface area contributed by atoms with Gasteiger partial charge < -0.3 is 5.32 Å². The van der Waals surface area contributed by atoms with E-state index in [2.05, 4.69) is 67.0 Å². The van der Waals surface area contributed by atoms with Crippen molar-refractivity contribution in [3.8, 4) is 0 Å². The maximum Gasteiger partial charge on any atom is 0.234 e. The first-order valence-corrected chi connectivity index (χ1v) is 9.94. The minimum absolute atomic E-state index is 0.0868. The zero-order chi connectivity index (χ0) is 18.1. The first-order valence-electron chi connectivity index (χ1n) is 8.71. The Kier molecular flexibility index (Phi) is 8.02. The molecule has 134 valence electrons. The average molecular weight is 357 g/mol. The lowest BCUT2D eigenvalue weighted by molar-refractivity contribution is -0.122. The molecule has 0 heterocycles. The topological polar surface area (TPSA) is 32.3 Å². The number of nitrogens with zero attached hydrogens (tertiary/aromatic N) is 1. The number of benzene rings is 2. The Morgan fingerprint density at radius 2 is 1.76 bits per heavy atom. The second kappa shape index (κ2) is 10.3. The summed E-state index contributed by atoms with van der Waals surface area (Å²) in [6.45, 7) is 3.27. The van der Waals surface area contributed by atoms with Crippen molar-refractivity contribution in [2.75, 3.05) is 19.8 Å². The molecular formula is C21H28N2OS. The lowest BCUT2D eigenvalue weighted by atomic mass is 10.1. The van der Waals surface area contributed by atoms with Crippen LogP contribution in [0, 0.1) is 0 Å². The van der Waals surface area contributed by atoms with Gasteiger partial charge in [-0.3, -0.25) is 9.69 Å². The van der Waals surface area contributed by atoms with Crippen molar-refractivity contribution >= 4 is 17.7 Å². The van der Waals surface area contributed by atoms with E-state index in [1.54, 1.807) is 11.8 Å². The third-order valence-electron chi connectivity index (χ3n) is 4.14. The van der Waals surface area contributed by atoms with Gasteiger partial charge in [-0.25, -0.2) is 0 Å². The van der Waals surface area contributed by atoms with E-state index < -0.39 is 0 Å². The van der Waals surface area contributed by atoms with Gasteiger partial charge in [0, 0.05) is 17.5 Å². The molecule has 0 aliphatic heterocycles. The molecule has 2 rings (SSSR count). The van der Waals surface area contributed by atoms with Gasteiger partial charge in [0.1, 0.15) is 0 Å². The van der Waals surface area contributed by atoms with E-state index in [0.717, 1.165) is 19.4 Å². The van der Waals surface area contributed by atoms with Crippen LogP contribution in [0.4, 0.5) is 0 Å². The van der Waals surface area contributed by atoms with Gasteiger partial charge in [-0.2, -0.15) is 0 Å². The van der Waals surface area contributed by atoms with Crippen molar-refractivity contribution in [1.29, 1.82) is 0 Å². The van der Waals surface area contributed by atoms with Crippen molar-refractivity contribution in [3.63, 3.8) is 0 Å². The van der Waals surface area contributed by atoms with Gasteiger partial charge in [-0.05, 0) is 56.3 Å². The Labute approximate surface area is 155 Å². The molecular weight excluding hydrogens is 328 g/mol. The molecule has 25 heavy (non-hydrogen) atoms. The second-order valence-corrected chi connectivity index (χ2v) is 7.39. The normalized spacial score (nSPS) is 12.2. The molecule has 1 unspecified atom stereocenters. The molecule has 3 nitrogen and oxygen atoms in total. The summed E-state index contributed by atoms with van der Waals surface area (Å²) in [5.74, 6) is 0.0868. The monoisotopic (exact) mass is 356 g/mol. The van der Waals surface area contributed by atoms with Crippen molar-refractivity contribution in [3.05, 3.63) is 65.7 Å². The smallest absolute Gasteiger partial charge is 0.234 e. The van der Waals surface area contributed by atoms with E-state index in [0.29, 0.717) is 6.54 Å². The molecule has 0 aromatic heterocycles. The standard InChI is InChI=1S/C21H28N2OS/c1-17(9-10-18-7-5-4-6-8-18)22-21(24)16-23(2)15-19-11-13-20(25-3)14-12-19/h4-8,11-14,17H,9-10,15-16H2,1-3H3,(H,22,24). The maximum atomic E-state index is 12.2. The average Bonchev–Trinajstić information content (AvgIpc) is 2.61. The highest BCUT2D eigenvalue weighted by Crippen LogP contribution is 2.15. The predicted octanol–water partition coefficient (Wildman–Crippen LogP) is 3.98. The van der Waals surface area contributed by atoms with E-state index in [1.807, 2.05) is 18.0 Å². The summed E-state index contributed by atoms with van der Waals surface area (Å²) in [7, 11) is 1.98. The zero-order valence-electron chi connectivity index (χ0n) is 15.4. The molecule has 0 aliphatic rings. The number of amides is 1. The van der Waals surface area contributed by atoms with Crippen LogP contribution < -0.4 is 5.32 Å². The van der Waals surface area contributed by atoms with Gasteiger partial charge in [0.2, 0.25) is 5.91 Å². The van der Waals surface area contributed by atoms with Crippen LogP contribution >= 0.6 is 11.8 Å². The number of nitrogens with one attached hydrogen (secondary N) is 1. The first kappa shape index (κ1) is 19.5. The molecule has 1 amide bonds. The second-order valence-electron chi connectivity index (χ2n) is 6.51. The Bertz CT molecular complexity index is 643. The number of carbonyl (C=O) groups is 1. The highest BCUT2D eigenvalue weighted by molar-refractivity contribution is 7.98. The Hall–Kier alpha value is -1.78. The molecule has 0 fully saturated rings. The summed E-state index contributed by atoms with van der Waals surface area (Å²) < 4.78 is 0. The third kappa shape index (κ3) is 7.32. The Morgan fingerprint density at radius 3 is 2.40 bits per heavy atom. The molecule has 0 spiro atoms. The number of aryl methyl sites for hydroxylation is 1. The Balaban J connectivity index is 1.70. The largest absolute Gasteiger partial charge is 0.353 e. The van der Waals surface area contributed by atoms with Gasteiger partial charge >= 0.3 is 0 Å². The fraction of sp³-hybridized carbons (Fsp3) is 0.381. The zero-order valence-corrected chi connectivity index (χ0v) is 16.2. The van der Waals surface area contributed by atoms with E-state index in [4.69, 9.17) is 0 Å². The Morgan fingerprint density at radius 1 is 1.08 bits per heavy atom. The highest BCUT2D eigenvalue weighted by Gasteiger charge is 2.10. The molecule has 0 aliphatic carbocycles. The van der Waals surface area contributed by atoms with E-state index in [9.17, 15) is 4.79 Å². The highest BCUT2D eigenvalue weighted by atomic mass is 32.2. The number of hydrogen-bond acceptors (Lipinski definition) is 3. The quantitative estimate of drug-likeness (QED) is 0.690. The summed E-state index contributed by atoms with van der Waals surface area (Å²) in [4.78, 5) is 15.5. The lowest BCUT2D eigenvalue weighted by Crippen LogP contribution is -2.39. The summed E-state index contributed by atoms with van der Waals surface area (Å²) in [5, 5.41) is 3.10. The van der Waals surface area contributed by atoms with E-state index in [-0.39, 0.29) is 11.9 Å². The summed E-state index contributed by atoms with van der Waals surface area (Å²) in [6, 6.07) is 19.1. The molecule has 0 saturated heterocycles. The minimum atomic E-state index is 0.0868. The fourth-order valence-electron chi connectivity index (χ4n) is 2.76. The fourth-order valence-corrected chi connectivity index (χ4v) is 3.17. The van der Waals surface area contributed by atoms with Crippen LogP contribution in [0.1, 0.15) is 24.5 Å². The lowest BCUT2D eigenvalue weighted by Gasteiger charge is -2.19. The van der Waals surface area contributed by atoms with Crippen LogP contribution in [-0.2, 0) is 17.8 Å². The van der Waals surface area contributed by atoms with Crippen molar-refractivity contribution < 1.29 is 4.79 Å². The summed E-state index contributed by atoms with van der Waals surface area (Å²) in [5.41, 5.74) is 2.54. The minimum Gasteiger partial charge on any atom is -0.353 e. The number of thioether (sulfide) groups is 1. The summed E-state index contributed by atoms with van der Waals surface area (Å²) in [6.07, 6.45) is 4.01. The molecule has 2 aromatic carbocycles. The van der Waals surface area contributed by atoms with Crippen LogP contribution in [0.25, 0.3) is 0 Å². The van der Waals surface area contributed by atoms with Crippen LogP contribution in [0.2, 0.25) is 0 Å². The van der Waals surface area contributed by atoms with Crippen LogP contribution in [-0.4, -0.2) is 36.7 Å². The van der Waals surface area contributed by atoms with Gasteiger partial charge in [0.05, 0.1) is 6.54 Å². The SMILES string of the molecule is CSc1ccc(CN(C)CC(=O)NC(C)CCc2ccccc2)cc1. The van der Waals surface area contributed by atoms with Crippen LogP contribution in [0.15, 0.2) is 59.5 Å². The number of carbonyl (C=O) groups excluding carboxylic acids is 1. The van der Waals surface area contributed by atoms with Crippen molar-refractivity contribution in [2.45, 2.75) is 37.2 Å². The van der Waals surface area contributed by atoms with Gasteiger partial charge in [-0.15, -0.1) is 11.8 Å². The predicted molar refractivity (Wildman–Crippen MR) is 107 cm³/mol. The first-order chi connectivity index (χ1) is 12.1. The third-order valence-corrected chi connectivity index (χ3v) is 4.88. The van der Waals surface area contributed by atoms with Gasteiger partial charge in [0.15, 0.2) is 0 Å². The van der Waals surface area contributed by atoms with Crippen molar-refractivity contribution in [1.82, 2.24) is 10.2 Å². The number of likely N-dealkylation sites (N-methyl/N-ethyl adjacent to an activating group) is 1.